The fourth-order valence-corrected chi connectivity index (χ4v) is 1.34. The van der Waals surface area contributed by atoms with Gasteiger partial charge in [0, 0.05) is 6.54 Å². The fourth-order valence-electron chi connectivity index (χ4n) is 1.15. The van der Waals surface area contributed by atoms with Crippen LogP contribution in [0.4, 0.5) is 5.69 Å². The first kappa shape index (κ1) is 12.5. The molecule has 16 heavy (non-hydrogen) atoms. The molecular weight excluding hydrogens is 226 g/mol. The van der Waals surface area contributed by atoms with Crippen molar-refractivity contribution in [3.8, 4) is 0 Å². The topological polar surface area (TPSA) is 68.0 Å². The van der Waals surface area contributed by atoms with Crippen molar-refractivity contribution >= 4 is 23.2 Å². The minimum atomic E-state index is -0.255. The normalized spacial score (nSPS) is 10.6. The van der Waals surface area contributed by atoms with Crippen LogP contribution in [0.15, 0.2) is 24.4 Å². The third-order valence-electron chi connectivity index (χ3n) is 1.94. The van der Waals surface area contributed by atoms with Gasteiger partial charge < -0.3 is 11.1 Å². The molecular formula is C11H14ClN3O. The number of pyridine rings is 1. The molecule has 1 aromatic heterocycles. The van der Waals surface area contributed by atoms with Crippen molar-refractivity contribution in [2.75, 3.05) is 12.3 Å². The van der Waals surface area contributed by atoms with Gasteiger partial charge in [0.25, 0.3) is 5.91 Å². The van der Waals surface area contributed by atoms with Crippen LogP contribution in [0.1, 0.15) is 23.7 Å². The maximum Gasteiger partial charge on any atom is 0.254 e. The van der Waals surface area contributed by atoms with E-state index in [4.69, 9.17) is 17.3 Å². The van der Waals surface area contributed by atoms with Crippen molar-refractivity contribution < 1.29 is 4.79 Å². The second kappa shape index (κ2) is 6.12. The summed E-state index contributed by atoms with van der Waals surface area (Å²) in [5, 5.41) is 2.90. The van der Waals surface area contributed by atoms with Gasteiger partial charge in [-0.05, 0) is 19.4 Å². The molecule has 0 atom stereocenters. The predicted octanol–water partition coefficient (Wildman–Crippen LogP) is 2.01. The van der Waals surface area contributed by atoms with Crippen LogP contribution in [0.3, 0.4) is 0 Å². The molecule has 0 saturated carbocycles. The third-order valence-corrected chi connectivity index (χ3v) is 2.24. The van der Waals surface area contributed by atoms with Crippen molar-refractivity contribution in [3.63, 3.8) is 0 Å². The van der Waals surface area contributed by atoms with Gasteiger partial charge in [-0.2, -0.15) is 0 Å². The third kappa shape index (κ3) is 3.55. The Bertz CT molecular complexity index is 404. The second-order valence-corrected chi connectivity index (χ2v) is 3.58. The van der Waals surface area contributed by atoms with Crippen molar-refractivity contribution in [1.29, 1.82) is 0 Å². The number of rotatable bonds is 4. The van der Waals surface area contributed by atoms with E-state index in [2.05, 4.69) is 10.3 Å². The molecule has 0 bridgehead atoms. The van der Waals surface area contributed by atoms with Crippen molar-refractivity contribution in [1.82, 2.24) is 10.3 Å². The maximum absolute atomic E-state index is 11.7. The van der Waals surface area contributed by atoms with Crippen LogP contribution in [0.2, 0.25) is 5.15 Å². The van der Waals surface area contributed by atoms with Gasteiger partial charge in [-0.15, -0.1) is 0 Å². The first-order valence-corrected chi connectivity index (χ1v) is 5.33. The Labute approximate surface area is 99.5 Å². The number of nitrogens with one attached hydrogen (secondary N) is 1. The number of amides is 1. The van der Waals surface area contributed by atoms with E-state index in [0.29, 0.717) is 17.8 Å². The molecule has 0 aromatic carbocycles. The number of nitrogens with two attached hydrogens (primary N) is 1. The van der Waals surface area contributed by atoms with Gasteiger partial charge >= 0.3 is 0 Å². The van der Waals surface area contributed by atoms with Crippen molar-refractivity contribution in [2.24, 2.45) is 0 Å². The van der Waals surface area contributed by atoms with E-state index in [0.717, 1.165) is 6.42 Å². The molecule has 0 saturated heterocycles. The second-order valence-electron chi connectivity index (χ2n) is 3.22. The molecule has 1 aromatic rings. The molecule has 0 spiro atoms. The van der Waals surface area contributed by atoms with Gasteiger partial charge in [0.05, 0.1) is 17.4 Å². The molecule has 0 aliphatic rings. The highest BCUT2D eigenvalue weighted by Crippen LogP contribution is 2.15. The van der Waals surface area contributed by atoms with Crippen molar-refractivity contribution in [3.05, 3.63) is 35.1 Å². The van der Waals surface area contributed by atoms with Crippen LogP contribution in [0, 0.1) is 0 Å². The van der Waals surface area contributed by atoms with Gasteiger partial charge in [-0.3, -0.25) is 4.79 Å². The lowest BCUT2D eigenvalue weighted by atomic mass is 10.2. The van der Waals surface area contributed by atoms with E-state index in [1.54, 1.807) is 0 Å². The zero-order valence-electron chi connectivity index (χ0n) is 9.03. The molecule has 0 radical (unpaired) electrons. The number of nitrogens with zero attached hydrogens (tertiary/aromatic N) is 1. The largest absolute Gasteiger partial charge is 0.397 e. The van der Waals surface area contributed by atoms with Crippen LogP contribution >= 0.6 is 11.6 Å². The molecule has 1 heterocycles. The minimum Gasteiger partial charge on any atom is -0.397 e. The molecule has 1 rings (SSSR count). The number of allylic oxidation sites excluding steroid dienone is 1. The Morgan fingerprint density at radius 1 is 1.69 bits per heavy atom. The van der Waals surface area contributed by atoms with Gasteiger partial charge in [-0.25, -0.2) is 4.98 Å². The number of anilines is 1. The van der Waals surface area contributed by atoms with Gasteiger partial charge in [0.1, 0.15) is 5.15 Å². The lowest BCUT2D eigenvalue weighted by molar-refractivity contribution is 0.0954. The molecule has 0 fully saturated rings. The molecule has 86 valence electrons. The van der Waals surface area contributed by atoms with Crippen LogP contribution in [0.5, 0.6) is 0 Å². The van der Waals surface area contributed by atoms with E-state index in [-0.39, 0.29) is 11.1 Å². The van der Waals surface area contributed by atoms with Crippen LogP contribution in [-0.2, 0) is 0 Å². The van der Waals surface area contributed by atoms with E-state index in [1.165, 1.54) is 12.3 Å². The summed E-state index contributed by atoms with van der Waals surface area (Å²) in [5.41, 5.74) is 6.26. The summed E-state index contributed by atoms with van der Waals surface area (Å²) in [6.45, 7) is 2.49. The Kier molecular flexibility index (Phi) is 4.79. The Balaban J connectivity index is 2.62. The standard InChI is InChI=1S/C11H14ClN3O/c1-2-3-4-5-14-11(16)9-6-8(13)7-15-10(9)12/h2-3,6-7H,4-5,13H2,1H3,(H,14,16)/b3-2+. The molecule has 0 aliphatic heterocycles. The lowest BCUT2D eigenvalue weighted by Crippen LogP contribution is -2.24. The first-order chi connectivity index (χ1) is 7.65. The number of carbonyl (C=O) groups excluding carboxylic acids is 1. The predicted molar refractivity (Wildman–Crippen MR) is 65.4 cm³/mol. The molecule has 4 nitrogen and oxygen atoms in total. The number of nitrogen functional groups attached to an aromatic ring is 1. The summed E-state index contributed by atoms with van der Waals surface area (Å²) in [6.07, 6.45) is 6.11. The summed E-state index contributed by atoms with van der Waals surface area (Å²) in [4.78, 5) is 15.5. The Morgan fingerprint density at radius 3 is 3.12 bits per heavy atom. The quantitative estimate of drug-likeness (QED) is 0.480. The summed E-state index contributed by atoms with van der Waals surface area (Å²) in [5.74, 6) is -0.255. The van der Waals surface area contributed by atoms with E-state index >= 15 is 0 Å². The lowest BCUT2D eigenvalue weighted by Gasteiger charge is -2.05. The molecule has 3 N–H and O–H groups in total. The van der Waals surface area contributed by atoms with E-state index in [1.807, 2.05) is 19.1 Å². The average Bonchev–Trinajstić information content (AvgIpc) is 2.27. The number of halogens is 1. The summed E-state index contributed by atoms with van der Waals surface area (Å²) in [6, 6.07) is 1.51. The molecule has 0 aliphatic carbocycles. The van der Waals surface area contributed by atoms with Crippen molar-refractivity contribution in [2.45, 2.75) is 13.3 Å². The number of aromatic nitrogens is 1. The fraction of sp³-hybridized carbons (Fsp3) is 0.273. The highest BCUT2D eigenvalue weighted by atomic mass is 35.5. The highest BCUT2D eigenvalue weighted by Gasteiger charge is 2.10. The Morgan fingerprint density at radius 2 is 2.44 bits per heavy atom. The van der Waals surface area contributed by atoms with E-state index < -0.39 is 0 Å². The van der Waals surface area contributed by atoms with Crippen LogP contribution < -0.4 is 11.1 Å². The van der Waals surface area contributed by atoms with Gasteiger partial charge in [0.2, 0.25) is 0 Å². The van der Waals surface area contributed by atoms with Gasteiger partial charge in [0.15, 0.2) is 0 Å². The minimum absolute atomic E-state index is 0.165. The van der Waals surface area contributed by atoms with Gasteiger partial charge in [-0.1, -0.05) is 23.8 Å². The zero-order chi connectivity index (χ0) is 12.0. The average molecular weight is 240 g/mol. The monoisotopic (exact) mass is 239 g/mol. The number of carbonyl (C=O) groups is 1. The number of hydrogen-bond acceptors (Lipinski definition) is 3. The van der Waals surface area contributed by atoms with E-state index in [9.17, 15) is 4.79 Å². The first-order valence-electron chi connectivity index (χ1n) is 4.95. The number of hydrogen-bond donors (Lipinski definition) is 2. The highest BCUT2D eigenvalue weighted by molar-refractivity contribution is 6.32. The Hall–Kier alpha value is -1.55. The molecule has 1 amide bonds. The maximum atomic E-state index is 11.7. The summed E-state index contributed by atoms with van der Waals surface area (Å²) >= 11 is 5.79. The summed E-state index contributed by atoms with van der Waals surface area (Å²) < 4.78 is 0. The SMILES string of the molecule is C/C=C/CCNC(=O)c1cc(N)cnc1Cl. The molecule has 0 unspecified atom stereocenters. The smallest absolute Gasteiger partial charge is 0.254 e. The molecule has 5 heteroatoms. The van der Waals surface area contributed by atoms with Crippen LogP contribution in [-0.4, -0.2) is 17.4 Å². The van der Waals surface area contributed by atoms with Crippen LogP contribution in [0.25, 0.3) is 0 Å². The zero-order valence-corrected chi connectivity index (χ0v) is 9.79. The summed E-state index contributed by atoms with van der Waals surface area (Å²) in [7, 11) is 0.